The molecule has 0 atom stereocenters. The van der Waals surface area contributed by atoms with E-state index in [0.717, 1.165) is 0 Å². The van der Waals surface area contributed by atoms with E-state index in [0.29, 0.717) is 0 Å². The first-order valence-electron chi connectivity index (χ1n) is 31.6. The van der Waals surface area contributed by atoms with E-state index in [-0.39, 0.29) is 171 Å². The van der Waals surface area contributed by atoms with Crippen molar-refractivity contribution in [1.29, 1.82) is 42.1 Å². The fraction of sp³-hybridized carbons (Fsp3) is 0.594. The van der Waals surface area contributed by atoms with Gasteiger partial charge in [-0.3, -0.25) is 0 Å². The Kier molecular flexibility index (Phi) is 29.8. The minimum atomic E-state index is -2.48. The van der Waals surface area contributed by atoms with Crippen molar-refractivity contribution in [3.63, 3.8) is 0 Å². The number of nitrogens with zero attached hydrogens (tertiary/aromatic N) is 12. The topological polar surface area (TPSA) is 470 Å². The molecule has 0 aromatic heterocycles. The van der Waals surface area contributed by atoms with Crippen molar-refractivity contribution in [2.45, 2.75) is 107 Å². The number of ether oxygens (including phenoxy) is 4. The highest BCUT2D eigenvalue weighted by Crippen LogP contribution is 2.48. The Morgan fingerprint density at radius 1 is 0.330 bits per heavy atom. The summed E-state index contributed by atoms with van der Waals surface area (Å²) in [6.45, 7) is 5.55. The number of aliphatic hydroxyl groups is 8. The first-order chi connectivity index (χ1) is 46.0. The monoisotopic (exact) mass is 1340 g/mol. The lowest BCUT2D eigenvalue weighted by molar-refractivity contribution is -0.165. The van der Waals surface area contributed by atoms with Gasteiger partial charge in [-0.05, 0) is 95.3 Å². The van der Waals surface area contributed by atoms with Gasteiger partial charge in [0.25, 0.3) is 0 Å². The molecule has 97 heavy (non-hydrogen) atoms. The number of hydrogen-bond acceptors (Lipinski definition) is 28. The van der Waals surface area contributed by atoms with Crippen LogP contribution in [0.4, 0.5) is 0 Å². The summed E-state index contributed by atoms with van der Waals surface area (Å²) in [7, 11) is 0. The van der Waals surface area contributed by atoms with Crippen molar-refractivity contribution >= 4 is 23.9 Å². The van der Waals surface area contributed by atoms with E-state index < -0.39 is 153 Å². The molecule has 28 heteroatoms. The molecule has 4 aliphatic carbocycles. The molecule has 4 aliphatic rings. The molecule has 0 radical (unpaired) electrons. The lowest BCUT2D eigenvalue weighted by atomic mass is 9.72. The summed E-state index contributed by atoms with van der Waals surface area (Å²) >= 11 is 0. The Bertz CT molecular complexity index is 3130. The maximum atomic E-state index is 14.9. The van der Waals surface area contributed by atoms with Crippen LogP contribution in [0.3, 0.4) is 0 Å². The maximum absolute atomic E-state index is 14.9. The van der Waals surface area contributed by atoms with Gasteiger partial charge >= 0.3 is 23.9 Å². The summed E-state index contributed by atoms with van der Waals surface area (Å²) in [4.78, 5) is 65.8. The maximum Gasteiger partial charge on any atom is 0.349 e. The van der Waals surface area contributed by atoms with Crippen LogP contribution < -0.4 is 0 Å². The summed E-state index contributed by atoms with van der Waals surface area (Å²) < 4.78 is 23.9. The summed E-state index contributed by atoms with van der Waals surface area (Å²) in [6, 6.07) is 15.5. The van der Waals surface area contributed by atoms with Crippen LogP contribution in [0.1, 0.15) is 107 Å². The average Bonchev–Trinajstić information content (AvgIpc) is 0.801. The number of carbonyl (C=O) groups is 4. The van der Waals surface area contributed by atoms with Crippen molar-refractivity contribution in [1.82, 2.24) is 19.6 Å². The molecule has 0 saturated heterocycles. The van der Waals surface area contributed by atoms with Crippen molar-refractivity contribution in [2.75, 3.05) is 132 Å². The molecule has 0 heterocycles. The van der Waals surface area contributed by atoms with Crippen LogP contribution in [0.25, 0.3) is 0 Å². The van der Waals surface area contributed by atoms with E-state index in [1.165, 1.54) is 19.6 Å². The molecule has 0 aromatic rings. The second kappa shape index (κ2) is 36.1. The lowest BCUT2D eigenvalue weighted by Gasteiger charge is -2.39. The normalized spacial score (nSPS) is 19.1. The van der Waals surface area contributed by atoms with E-state index in [9.17, 15) is 102 Å². The van der Waals surface area contributed by atoms with Crippen LogP contribution >= 0.6 is 0 Å². The molecule has 28 nitrogen and oxygen atoms in total. The van der Waals surface area contributed by atoms with E-state index in [2.05, 4.69) is 24.3 Å². The van der Waals surface area contributed by atoms with Gasteiger partial charge < -0.3 is 79.4 Å². The molecular formula is C69H88N12O16. The molecule has 4 rings (SSSR count). The molecule has 0 saturated carbocycles. The zero-order valence-electron chi connectivity index (χ0n) is 56.5. The Balaban J connectivity index is 2.17. The van der Waals surface area contributed by atoms with E-state index in [1.54, 1.807) is 55.4 Å². The van der Waals surface area contributed by atoms with Crippen LogP contribution in [0.2, 0.25) is 0 Å². The summed E-state index contributed by atoms with van der Waals surface area (Å²) in [5.74, 6) is -5.80. The largest absolute Gasteiger partial charge is 0.461 e. The molecule has 520 valence electrons. The van der Waals surface area contributed by atoms with Crippen LogP contribution in [0.5, 0.6) is 0 Å². The average molecular weight is 1340 g/mol. The van der Waals surface area contributed by atoms with Gasteiger partial charge in [0.2, 0.25) is 0 Å². The highest BCUT2D eigenvalue weighted by Gasteiger charge is 2.45. The van der Waals surface area contributed by atoms with Gasteiger partial charge in [0.1, 0.15) is 103 Å². The number of nitriles is 8. The van der Waals surface area contributed by atoms with E-state index >= 15 is 0 Å². The van der Waals surface area contributed by atoms with Gasteiger partial charge in [0.15, 0.2) is 0 Å². The molecule has 0 aromatic carbocycles. The van der Waals surface area contributed by atoms with Crippen molar-refractivity contribution in [3.8, 4) is 48.6 Å². The van der Waals surface area contributed by atoms with Gasteiger partial charge in [-0.15, -0.1) is 0 Å². The minimum Gasteiger partial charge on any atom is -0.461 e. The molecule has 0 spiro atoms. The predicted octanol–water partition coefficient (Wildman–Crippen LogP) is 2.96. The number of rotatable bonds is 32. The van der Waals surface area contributed by atoms with Crippen molar-refractivity contribution in [3.05, 3.63) is 89.7 Å². The third kappa shape index (κ3) is 20.3. The molecule has 8 N–H and O–H groups in total. The van der Waals surface area contributed by atoms with Crippen LogP contribution in [-0.4, -0.2) is 216 Å². The Labute approximate surface area is 566 Å². The van der Waals surface area contributed by atoms with E-state index in [4.69, 9.17) is 18.9 Å². The molecule has 0 aliphatic heterocycles. The Morgan fingerprint density at radius 3 is 0.629 bits per heavy atom. The minimum absolute atomic E-state index is 0.0647. The fourth-order valence-corrected chi connectivity index (χ4v) is 12.7. The van der Waals surface area contributed by atoms with Crippen molar-refractivity contribution in [2.24, 2.45) is 27.1 Å². The first-order valence-corrected chi connectivity index (χ1v) is 31.6. The zero-order valence-corrected chi connectivity index (χ0v) is 56.5. The number of allylic oxidation sites excluding steroid dienone is 12. The highest BCUT2D eigenvalue weighted by atomic mass is 16.6. The van der Waals surface area contributed by atoms with E-state index in [1.807, 2.05) is 24.3 Å². The smallest absolute Gasteiger partial charge is 0.349 e. The predicted molar refractivity (Wildman–Crippen MR) is 342 cm³/mol. The molecule has 0 amide bonds. The van der Waals surface area contributed by atoms with Gasteiger partial charge in [-0.2, -0.15) is 42.1 Å². The standard InChI is InChI=1S/C69H88N12O16/c1-65(2)25-45(49(33-70)57(29-65)78(9-17-82)10-18-83)53(37-74)61(90)94-41-69(42-95-62(91)54(38-75)46-26-66(3,4)30-58(50(46)34-71)79(11-19-84)12-20-85,43-96-63(92)55(39-76)47-27-67(5,6)31-59(51(47)35-72)80(13-21-86)14-22-87)44-97-64(93)56(40-77)48-28-68(7,8)32-60(52(48)36-73)81(15-23-88)16-24-89/h82-89H,9-32,41-44H2,1-8H3/b53-45-,54-46+,55-47+,56-48+. The second-order valence-electron chi connectivity index (χ2n) is 27.2. The fourth-order valence-electron chi connectivity index (χ4n) is 12.7. The lowest BCUT2D eigenvalue weighted by Crippen LogP contribution is -2.44. The number of carbonyl (C=O) groups excluding carboxylic acids is 4. The third-order valence-corrected chi connectivity index (χ3v) is 17.0. The molecule has 0 fully saturated rings. The summed E-state index contributed by atoms with van der Waals surface area (Å²) in [5, 5.41) is 167. The van der Waals surface area contributed by atoms with Gasteiger partial charge in [0, 0.05) is 75.1 Å². The van der Waals surface area contributed by atoms with Crippen LogP contribution in [-0.2, 0) is 38.1 Å². The molecule has 0 bridgehead atoms. The highest BCUT2D eigenvalue weighted by molar-refractivity contribution is 5.97. The second-order valence-corrected chi connectivity index (χ2v) is 27.2. The Hall–Kier alpha value is -9.40. The number of esters is 4. The zero-order chi connectivity index (χ0) is 72.6. The number of aliphatic hydroxyl groups excluding tert-OH is 8. The quantitative estimate of drug-likeness (QED) is 0.0208. The van der Waals surface area contributed by atoms with Crippen LogP contribution in [0, 0.1) is 118 Å². The SMILES string of the molecule is CC1(C)CC(N(CCO)CCO)=C(C#N)/C(=C(/C#N)C(=O)OCC(COC(=O)/C(C#N)=C2\CC(C)(C)CC(N(CCO)CCO)=C2C#N)(COC(=O)/C(C#N)=C2\CC(C)(C)CC(N(CCO)CCO)=C2C#N)COC(=O)/C(C#N)=C2\CC(C)(C)CC(N(CCO)CCO)=C2C#N)C1. The van der Waals surface area contributed by atoms with Crippen molar-refractivity contribution < 1.29 is 79.0 Å². The Morgan fingerprint density at radius 2 is 0.495 bits per heavy atom. The molecule has 0 unspecified atom stereocenters. The van der Waals surface area contributed by atoms with Gasteiger partial charge in [-0.1, -0.05) is 55.4 Å². The van der Waals surface area contributed by atoms with Crippen LogP contribution in [0.15, 0.2) is 89.7 Å². The molecular weight excluding hydrogens is 1250 g/mol. The summed E-state index contributed by atoms with van der Waals surface area (Å²) in [5.41, 5.74) is -8.68. The number of hydrogen-bond donors (Lipinski definition) is 8. The summed E-state index contributed by atoms with van der Waals surface area (Å²) in [6.07, 6.45) is 0.339. The third-order valence-electron chi connectivity index (χ3n) is 17.0. The van der Waals surface area contributed by atoms with Gasteiger partial charge in [0.05, 0.1) is 75.1 Å². The van der Waals surface area contributed by atoms with Gasteiger partial charge in [-0.25, -0.2) is 19.2 Å². The first kappa shape index (κ1) is 80.0.